The number of nitrogens with zero attached hydrogens (tertiary/aromatic N) is 1. The number of halogens is 1. The molecule has 1 aliphatic rings. The molecular weight excluding hydrogens is 264 g/mol. The number of benzene rings is 1. The van der Waals surface area contributed by atoms with Crippen molar-refractivity contribution in [2.24, 2.45) is 5.41 Å². The monoisotopic (exact) mass is 280 g/mol. The summed E-state index contributed by atoms with van der Waals surface area (Å²) in [7, 11) is 0. The van der Waals surface area contributed by atoms with Crippen LogP contribution in [0.2, 0.25) is 5.02 Å². The third kappa shape index (κ3) is 3.34. The van der Waals surface area contributed by atoms with E-state index in [0.717, 1.165) is 17.9 Å². The molecule has 1 fully saturated rings. The van der Waals surface area contributed by atoms with Crippen LogP contribution in [0.4, 0.5) is 5.69 Å². The molecule has 1 heterocycles. The van der Waals surface area contributed by atoms with Crippen molar-refractivity contribution >= 4 is 29.1 Å². The van der Waals surface area contributed by atoms with Crippen LogP contribution in [0.3, 0.4) is 0 Å². The second kappa shape index (κ2) is 5.42. The van der Waals surface area contributed by atoms with Crippen LogP contribution in [-0.4, -0.2) is 17.5 Å². The fourth-order valence-corrected chi connectivity index (χ4v) is 3.73. The standard InChI is InChI=1S/C14H17ClN2S/c1-14(2)6-12(8-18-9-14)17-11-3-4-13(15)10(5-11)7-16/h3-5,12,17H,6,8-9H2,1-2H3. The molecule has 0 aliphatic carbocycles. The van der Waals surface area contributed by atoms with Gasteiger partial charge in [0.1, 0.15) is 6.07 Å². The van der Waals surface area contributed by atoms with Gasteiger partial charge in [-0.05, 0) is 35.8 Å². The summed E-state index contributed by atoms with van der Waals surface area (Å²) in [5.74, 6) is 2.34. The van der Waals surface area contributed by atoms with Gasteiger partial charge in [0, 0.05) is 17.5 Å². The topological polar surface area (TPSA) is 35.8 Å². The van der Waals surface area contributed by atoms with Gasteiger partial charge in [-0.1, -0.05) is 25.4 Å². The van der Waals surface area contributed by atoms with E-state index in [1.54, 1.807) is 6.07 Å². The summed E-state index contributed by atoms with van der Waals surface area (Å²) < 4.78 is 0. The molecule has 2 rings (SSSR count). The maximum Gasteiger partial charge on any atom is 0.101 e. The first kappa shape index (κ1) is 13.6. The number of nitriles is 1. The molecule has 96 valence electrons. The van der Waals surface area contributed by atoms with Gasteiger partial charge in [0.2, 0.25) is 0 Å². The van der Waals surface area contributed by atoms with Gasteiger partial charge in [0.25, 0.3) is 0 Å². The summed E-state index contributed by atoms with van der Waals surface area (Å²) in [4.78, 5) is 0. The van der Waals surface area contributed by atoms with Crippen LogP contribution in [0, 0.1) is 16.7 Å². The van der Waals surface area contributed by atoms with Crippen LogP contribution >= 0.6 is 23.4 Å². The zero-order chi connectivity index (χ0) is 13.2. The third-order valence-electron chi connectivity index (χ3n) is 3.07. The summed E-state index contributed by atoms with van der Waals surface area (Å²) in [5.41, 5.74) is 1.90. The van der Waals surface area contributed by atoms with E-state index in [1.807, 2.05) is 23.9 Å². The van der Waals surface area contributed by atoms with Crippen LogP contribution in [0.1, 0.15) is 25.8 Å². The van der Waals surface area contributed by atoms with Crippen molar-refractivity contribution < 1.29 is 0 Å². The highest BCUT2D eigenvalue weighted by Crippen LogP contribution is 2.35. The normalized spacial score (nSPS) is 22.2. The highest BCUT2D eigenvalue weighted by Gasteiger charge is 2.28. The summed E-state index contributed by atoms with van der Waals surface area (Å²) in [6.45, 7) is 4.60. The SMILES string of the molecule is CC1(C)CSCC(Nc2ccc(Cl)c(C#N)c2)C1. The number of rotatable bonds is 2. The Labute approximate surface area is 118 Å². The second-order valence-electron chi connectivity index (χ2n) is 5.53. The van der Waals surface area contributed by atoms with Crippen molar-refractivity contribution in [2.75, 3.05) is 16.8 Å². The lowest BCUT2D eigenvalue weighted by Crippen LogP contribution is -2.35. The molecule has 1 aromatic carbocycles. The van der Waals surface area contributed by atoms with Crippen molar-refractivity contribution in [3.05, 3.63) is 28.8 Å². The Kier molecular flexibility index (Phi) is 4.09. The minimum atomic E-state index is 0.380. The fraction of sp³-hybridized carbons (Fsp3) is 0.500. The van der Waals surface area contributed by atoms with Gasteiger partial charge < -0.3 is 5.32 Å². The molecule has 0 radical (unpaired) electrons. The first-order chi connectivity index (χ1) is 8.50. The summed E-state index contributed by atoms with van der Waals surface area (Å²) in [5, 5.41) is 13.0. The lowest BCUT2D eigenvalue weighted by Gasteiger charge is -2.35. The predicted octanol–water partition coefficient (Wildman–Crippen LogP) is 4.16. The minimum absolute atomic E-state index is 0.380. The van der Waals surface area contributed by atoms with Crippen LogP contribution in [-0.2, 0) is 0 Å². The van der Waals surface area contributed by atoms with E-state index in [9.17, 15) is 0 Å². The summed E-state index contributed by atoms with van der Waals surface area (Å²) in [6.07, 6.45) is 1.16. The molecule has 1 aliphatic heterocycles. The lowest BCUT2D eigenvalue weighted by atomic mass is 9.88. The second-order valence-corrected chi connectivity index (χ2v) is 6.97. The maximum atomic E-state index is 8.97. The lowest BCUT2D eigenvalue weighted by molar-refractivity contribution is 0.358. The Morgan fingerprint density at radius 3 is 2.94 bits per heavy atom. The number of thioether (sulfide) groups is 1. The van der Waals surface area contributed by atoms with Gasteiger partial charge in [0.15, 0.2) is 0 Å². The molecule has 4 heteroatoms. The molecule has 0 amide bonds. The Bertz CT molecular complexity index is 479. The molecule has 0 bridgehead atoms. The van der Waals surface area contributed by atoms with Crippen molar-refractivity contribution in [2.45, 2.75) is 26.3 Å². The molecule has 1 saturated heterocycles. The van der Waals surface area contributed by atoms with Crippen molar-refractivity contribution in [1.29, 1.82) is 5.26 Å². The Hall–Kier alpha value is -0.850. The van der Waals surface area contributed by atoms with Gasteiger partial charge in [-0.3, -0.25) is 0 Å². The van der Waals surface area contributed by atoms with Crippen LogP contribution in [0.25, 0.3) is 0 Å². The molecule has 0 spiro atoms. The fourth-order valence-electron chi connectivity index (χ4n) is 2.29. The van der Waals surface area contributed by atoms with E-state index in [4.69, 9.17) is 16.9 Å². The molecule has 0 saturated carbocycles. The van der Waals surface area contributed by atoms with E-state index in [1.165, 1.54) is 5.75 Å². The van der Waals surface area contributed by atoms with Gasteiger partial charge >= 0.3 is 0 Å². The molecule has 1 aromatic rings. The number of hydrogen-bond donors (Lipinski definition) is 1. The molecular formula is C14H17ClN2S. The van der Waals surface area contributed by atoms with Crippen molar-refractivity contribution in [3.8, 4) is 6.07 Å². The smallest absolute Gasteiger partial charge is 0.101 e. The Balaban J connectivity index is 2.08. The van der Waals surface area contributed by atoms with Crippen LogP contribution in [0.15, 0.2) is 18.2 Å². The maximum absolute atomic E-state index is 8.97. The highest BCUT2D eigenvalue weighted by molar-refractivity contribution is 7.99. The van der Waals surface area contributed by atoms with E-state index in [2.05, 4.69) is 25.2 Å². The predicted molar refractivity (Wildman–Crippen MR) is 79.3 cm³/mol. The van der Waals surface area contributed by atoms with E-state index < -0.39 is 0 Å². The largest absolute Gasteiger partial charge is 0.381 e. The summed E-state index contributed by atoms with van der Waals surface area (Å²) in [6, 6.07) is 8.13. The first-order valence-electron chi connectivity index (χ1n) is 6.04. The molecule has 1 atom stereocenters. The first-order valence-corrected chi connectivity index (χ1v) is 7.57. The van der Waals surface area contributed by atoms with Crippen LogP contribution in [0.5, 0.6) is 0 Å². The zero-order valence-corrected chi connectivity index (χ0v) is 12.2. The van der Waals surface area contributed by atoms with Gasteiger partial charge in [-0.15, -0.1) is 0 Å². The summed E-state index contributed by atoms with van der Waals surface area (Å²) >= 11 is 7.92. The van der Waals surface area contributed by atoms with Gasteiger partial charge in [-0.25, -0.2) is 0 Å². The third-order valence-corrected chi connectivity index (χ3v) is 5.02. The number of nitrogens with one attached hydrogen (secondary N) is 1. The van der Waals surface area contributed by atoms with Crippen LogP contribution < -0.4 is 5.32 Å². The molecule has 2 nitrogen and oxygen atoms in total. The van der Waals surface area contributed by atoms with Gasteiger partial charge in [0.05, 0.1) is 10.6 Å². The van der Waals surface area contributed by atoms with E-state index >= 15 is 0 Å². The Morgan fingerprint density at radius 2 is 2.28 bits per heavy atom. The number of hydrogen-bond acceptors (Lipinski definition) is 3. The van der Waals surface area contributed by atoms with E-state index in [-0.39, 0.29) is 0 Å². The quantitative estimate of drug-likeness (QED) is 0.884. The molecule has 0 aromatic heterocycles. The highest BCUT2D eigenvalue weighted by atomic mass is 35.5. The average molecular weight is 281 g/mol. The van der Waals surface area contributed by atoms with Crippen molar-refractivity contribution in [1.82, 2.24) is 0 Å². The van der Waals surface area contributed by atoms with Gasteiger partial charge in [-0.2, -0.15) is 17.0 Å². The molecule has 1 unspecified atom stereocenters. The van der Waals surface area contributed by atoms with Crippen molar-refractivity contribution in [3.63, 3.8) is 0 Å². The van der Waals surface area contributed by atoms with E-state index in [0.29, 0.717) is 22.0 Å². The zero-order valence-electron chi connectivity index (χ0n) is 10.7. The molecule has 1 N–H and O–H groups in total. The average Bonchev–Trinajstić information content (AvgIpc) is 2.30. The Morgan fingerprint density at radius 1 is 1.50 bits per heavy atom. The molecule has 18 heavy (non-hydrogen) atoms. The minimum Gasteiger partial charge on any atom is -0.381 e. The number of anilines is 1.